The van der Waals surface area contributed by atoms with Crippen LogP contribution in [0.2, 0.25) is 0 Å². The predicted octanol–water partition coefficient (Wildman–Crippen LogP) is 3.48. The van der Waals surface area contributed by atoms with Crippen molar-refractivity contribution in [3.05, 3.63) is 72.2 Å². The monoisotopic (exact) mass is 412 g/mol. The molecule has 7 nitrogen and oxygen atoms in total. The van der Waals surface area contributed by atoms with Gasteiger partial charge < -0.3 is 9.15 Å². The van der Waals surface area contributed by atoms with Gasteiger partial charge in [0.05, 0.1) is 16.7 Å². The molecular weight excluding hydrogens is 392 g/mol. The number of hydrogen-bond acceptors (Lipinski definition) is 6. The van der Waals surface area contributed by atoms with E-state index in [1.807, 2.05) is 30.3 Å². The first-order valence-electron chi connectivity index (χ1n) is 9.31. The van der Waals surface area contributed by atoms with Gasteiger partial charge in [-0.15, -0.1) is 0 Å². The van der Waals surface area contributed by atoms with Gasteiger partial charge in [0.1, 0.15) is 0 Å². The lowest BCUT2D eigenvalue weighted by molar-refractivity contribution is 0.0439. The number of sulfonamides is 1. The van der Waals surface area contributed by atoms with Crippen molar-refractivity contribution in [3.8, 4) is 11.3 Å². The summed E-state index contributed by atoms with van der Waals surface area (Å²) in [4.78, 5) is 16.6. The van der Waals surface area contributed by atoms with Crippen LogP contribution in [0.3, 0.4) is 0 Å². The summed E-state index contributed by atoms with van der Waals surface area (Å²) in [5.74, 6) is 0.299. The molecule has 2 heterocycles. The van der Waals surface area contributed by atoms with Crippen LogP contribution in [0.5, 0.6) is 0 Å². The van der Waals surface area contributed by atoms with Crippen LogP contribution in [0.15, 0.2) is 70.1 Å². The van der Waals surface area contributed by atoms with E-state index in [1.54, 1.807) is 6.20 Å². The third kappa shape index (κ3) is 4.23. The molecule has 0 bridgehead atoms. The minimum absolute atomic E-state index is 0.112. The smallest absolute Gasteiger partial charge is 0.338 e. The standard InChI is InChI=1S/C21H20N2O5S/c24-21(27-15-20-22-14-19(28-20)16-6-2-1-3-7-16)17-8-10-18(11-9-17)29(25,26)23-12-4-5-13-23/h1-3,6-11,14H,4-5,12-13,15H2. The third-order valence-corrected chi connectivity index (χ3v) is 6.64. The molecule has 1 aromatic heterocycles. The highest BCUT2D eigenvalue weighted by atomic mass is 32.2. The Morgan fingerprint density at radius 3 is 2.41 bits per heavy atom. The number of rotatable bonds is 6. The lowest BCUT2D eigenvalue weighted by Crippen LogP contribution is -2.27. The van der Waals surface area contributed by atoms with Crippen LogP contribution in [0, 0.1) is 0 Å². The average Bonchev–Trinajstić information content (AvgIpc) is 3.45. The Morgan fingerprint density at radius 2 is 1.72 bits per heavy atom. The summed E-state index contributed by atoms with van der Waals surface area (Å²) in [5, 5.41) is 0. The van der Waals surface area contributed by atoms with E-state index in [-0.39, 0.29) is 23.0 Å². The van der Waals surface area contributed by atoms with E-state index >= 15 is 0 Å². The summed E-state index contributed by atoms with van der Waals surface area (Å²) in [6.45, 7) is 0.958. The van der Waals surface area contributed by atoms with Gasteiger partial charge in [-0.05, 0) is 37.1 Å². The largest absolute Gasteiger partial charge is 0.452 e. The predicted molar refractivity (Wildman–Crippen MR) is 105 cm³/mol. The summed E-state index contributed by atoms with van der Waals surface area (Å²) in [6, 6.07) is 15.3. The molecular formula is C21H20N2O5S. The van der Waals surface area contributed by atoms with E-state index in [4.69, 9.17) is 9.15 Å². The van der Waals surface area contributed by atoms with Crippen molar-refractivity contribution in [1.82, 2.24) is 9.29 Å². The number of carbonyl (C=O) groups excluding carboxylic acids is 1. The number of aromatic nitrogens is 1. The van der Waals surface area contributed by atoms with Crippen molar-refractivity contribution >= 4 is 16.0 Å². The molecule has 0 aliphatic carbocycles. The maximum absolute atomic E-state index is 12.5. The van der Waals surface area contributed by atoms with Crippen molar-refractivity contribution < 1.29 is 22.4 Å². The first kappa shape index (κ1) is 19.4. The SMILES string of the molecule is O=C(OCc1ncc(-c2ccccc2)o1)c1ccc(S(=O)(=O)N2CCCC2)cc1. The second-order valence-electron chi connectivity index (χ2n) is 6.70. The zero-order valence-corrected chi connectivity index (χ0v) is 16.5. The van der Waals surface area contributed by atoms with Crippen molar-refractivity contribution in [2.75, 3.05) is 13.1 Å². The van der Waals surface area contributed by atoms with Gasteiger partial charge in [-0.1, -0.05) is 30.3 Å². The number of benzene rings is 2. The first-order chi connectivity index (χ1) is 14.0. The molecule has 0 unspecified atom stereocenters. The molecule has 1 aliphatic rings. The lowest BCUT2D eigenvalue weighted by Gasteiger charge is -2.15. The van der Waals surface area contributed by atoms with Crippen molar-refractivity contribution in [2.24, 2.45) is 0 Å². The Kier molecular flexibility index (Phi) is 5.46. The molecule has 0 radical (unpaired) electrons. The Morgan fingerprint density at radius 1 is 1.03 bits per heavy atom. The molecule has 29 heavy (non-hydrogen) atoms. The molecule has 1 fully saturated rings. The summed E-state index contributed by atoms with van der Waals surface area (Å²) in [5.41, 5.74) is 1.15. The van der Waals surface area contributed by atoms with Gasteiger partial charge in [0, 0.05) is 18.7 Å². The molecule has 0 amide bonds. The summed E-state index contributed by atoms with van der Waals surface area (Å²) >= 11 is 0. The zero-order chi connectivity index (χ0) is 20.3. The molecule has 2 aromatic carbocycles. The minimum Gasteiger partial charge on any atom is -0.452 e. The molecule has 8 heteroatoms. The van der Waals surface area contributed by atoms with Crippen LogP contribution in [0.1, 0.15) is 29.1 Å². The molecule has 0 saturated carbocycles. The van der Waals surface area contributed by atoms with E-state index < -0.39 is 16.0 Å². The molecule has 1 aliphatic heterocycles. The Labute approximate surface area is 169 Å². The number of carbonyl (C=O) groups is 1. The van der Waals surface area contributed by atoms with E-state index in [2.05, 4.69) is 4.98 Å². The topological polar surface area (TPSA) is 89.7 Å². The van der Waals surface area contributed by atoms with Gasteiger partial charge in [0.2, 0.25) is 15.9 Å². The highest BCUT2D eigenvalue weighted by molar-refractivity contribution is 7.89. The summed E-state index contributed by atoms with van der Waals surface area (Å²) in [6.07, 6.45) is 3.32. The molecule has 0 atom stereocenters. The number of esters is 1. The minimum atomic E-state index is -3.50. The third-order valence-electron chi connectivity index (χ3n) is 4.73. The quantitative estimate of drug-likeness (QED) is 0.576. The summed E-state index contributed by atoms with van der Waals surface area (Å²) in [7, 11) is -3.50. The van der Waals surface area contributed by atoms with E-state index in [1.165, 1.54) is 28.6 Å². The molecule has 3 aromatic rings. The van der Waals surface area contributed by atoms with Gasteiger partial charge >= 0.3 is 5.97 Å². The second-order valence-corrected chi connectivity index (χ2v) is 8.63. The number of ether oxygens (including phenoxy) is 1. The van der Waals surface area contributed by atoms with Crippen LogP contribution in [-0.4, -0.2) is 36.8 Å². The fraction of sp³-hybridized carbons (Fsp3) is 0.238. The summed E-state index contributed by atoms with van der Waals surface area (Å²) < 4.78 is 37.4. The molecule has 1 saturated heterocycles. The fourth-order valence-electron chi connectivity index (χ4n) is 3.16. The van der Waals surface area contributed by atoms with Gasteiger partial charge in [0.15, 0.2) is 12.4 Å². The first-order valence-corrected chi connectivity index (χ1v) is 10.8. The molecule has 0 N–H and O–H groups in total. The van der Waals surface area contributed by atoms with E-state index in [9.17, 15) is 13.2 Å². The fourth-order valence-corrected chi connectivity index (χ4v) is 4.68. The Bertz CT molecular complexity index is 1090. The second kappa shape index (κ2) is 8.18. The molecule has 4 rings (SSSR count). The highest BCUT2D eigenvalue weighted by Gasteiger charge is 2.27. The van der Waals surface area contributed by atoms with Crippen LogP contribution in [0.4, 0.5) is 0 Å². The van der Waals surface area contributed by atoms with Crippen LogP contribution >= 0.6 is 0 Å². The van der Waals surface area contributed by atoms with Gasteiger partial charge in [0.25, 0.3) is 0 Å². The number of oxazole rings is 1. The Hall–Kier alpha value is -2.97. The van der Waals surface area contributed by atoms with Crippen molar-refractivity contribution in [2.45, 2.75) is 24.3 Å². The Balaban J connectivity index is 1.38. The van der Waals surface area contributed by atoms with E-state index in [0.29, 0.717) is 18.8 Å². The maximum atomic E-state index is 12.5. The van der Waals surface area contributed by atoms with Crippen LogP contribution < -0.4 is 0 Å². The van der Waals surface area contributed by atoms with Crippen molar-refractivity contribution in [3.63, 3.8) is 0 Å². The van der Waals surface area contributed by atoms with Gasteiger partial charge in [-0.2, -0.15) is 4.31 Å². The van der Waals surface area contributed by atoms with Crippen LogP contribution in [0.25, 0.3) is 11.3 Å². The number of hydrogen-bond donors (Lipinski definition) is 0. The van der Waals surface area contributed by atoms with E-state index in [0.717, 1.165) is 18.4 Å². The zero-order valence-electron chi connectivity index (χ0n) is 15.7. The average molecular weight is 412 g/mol. The lowest BCUT2D eigenvalue weighted by atomic mass is 10.2. The van der Waals surface area contributed by atoms with Crippen LogP contribution in [-0.2, 0) is 21.4 Å². The van der Waals surface area contributed by atoms with Gasteiger partial charge in [-0.25, -0.2) is 18.2 Å². The normalized spacial score (nSPS) is 14.8. The van der Waals surface area contributed by atoms with Crippen molar-refractivity contribution in [1.29, 1.82) is 0 Å². The maximum Gasteiger partial charge on any atom is 0.338 e. The van der Waals surface area contributed by atoms with Gasteiger partial charge in [-0.3, -0.25) is 0 Å². The molecule has 150 valence electrons. The number of nitrogens with zero attached hydrogens (tertiary/aromatic N) is 2. The highest BCUT2D eigenvalue weighted by Crippen LogP contribution is 2.22. The molecule has 0 spiro atoms.